The number of hydrogen-bond acceptors (Lipinski definition) is 1. The lowest BCUT2D eigenvalue weighted by Crippen LogP contribution is -1.93. The number of rotatable bonds is 3. The van der Waals surface area contributed by atoms with Crippen LogP contribution in [0.3, 0.4) is 0 Å². The summed E-state index contributed by atoms with van der Waals surface area (Å²) in [6, 6.07) is 11.4. The highest BCUT2D eigenvalue weighted by molar-refractivity contribution is 6.17. The van der Waals surface area contributed by atoms with E-state index >= 15 is 0 Å². The summed E-state index contributed by atoms with van der Waals surface area (Å²) in [5.74, 6) is -1.52. The van der Waals surface area contributed by atoms with Crippen LogP contribution in [-0.4, -0.2) is 0 Å². The molecule has 0 aliphatic carbocycles. The number of hydrogen-bond donors (Lipinski definition) is 0. The molecule has 87 valence electrons. The standard InChI is InChI=1S/C13H8ClF2O/c14-8-9-4-1-2-6-11(9)17-12-7-3-5-10(15)13(12)16/h2-7H,8H2. The summed E-state index contributed by atoms with van der Waals surface area (Å²) < 4.78 is 31.7. The van der Waals surface area contributed by atoms with E-state index < -0.39 is 11.6 Å². The topological polar surface area (TPSA) is 9.23 Å². The van der Waals surface area contributed by atoms with Crippen LogP contribution in [0.2, 0.25) is 0 Å². The number of halogens is 3. The van der Waals surface area contributed by atoms with E-state index in [1.807, 2.05) is 0 Å². The first kappa shape index (κ1) is 11.9. The third-order valence-electron chi connectivity index (χ3n) is 2.19. The van der Waals surface area contributed by atoms with E-state index in [1.54, 1.807) is 18.2 Å². The molecule has 2 rings (SSSR count). The predicted octanol–water partition coefficient (Wildman–Crippen LogP) is 4.30. The molecule has 17 heavy (non-hydrogen) atoms. The maximum Gasteiger partial charge on any atom is 0.201 e. The predicted molar refractivity (Wildman–Crippen MR) is 61.3 cm³/mol. The molecule has 0 fully saturated rings. The van der Waals surface area contributed by atoms with Gasteiger partial charge in [-0.25, -0.2) is 4.39 Å². The van der Waals surface area contributed by atoms with Crippen LogP contribution < -0.4 is 4.74 Å². The van der Waals surface area contributed by atoms with E-state index in [9.17, 15) is 8.78 Å². The number of alkyl halides is 1. The van der Waals surface area contributed by atoms with Crippen molar-refractivity contribution in [2.45, 2.75) is 5.88 Å². The van der Waals surface area contributed by atoms with Gasteiger partial charge in [0.1, 0.15) is 5.75 Å². The zero-order valence-corrected chi connectivity index (χ0v) is 9.47. The fourth-order valence-electron chi connectivity index (χ4n) is 1.34. The highest BCUT2D eigenvalue weighted by Crippen LogP contribution is 2.28. The van der Waals surface area contributed by atoms with Crippen LogP contribution in [0.1, 0.15) is 5.56 Å². The quantitative estimate of drug-likeness (QED) is 0.741. The minimum absolute atomic E-state index is 0.164. The SMILES string of the molecule is Fc1cccc(Oc2cc[c]cc2CCl)c1F. The molecule has 0 aliphatic heterocycles. The van der Waals surface area contributed by atoms with Crippen molar-refractivity contribution in [3.8, 4) is 11.5 Å². The first-order valence-corrected chi connectivity index (χ1v) is 5.42. The number of benzene rings is 2. The van der Waals surface area contributed by atoms with Crippen molar-refractivity contribution in [3.05, 3.63) is 59.7 Å². The summed E-state index contributed by atoms with van der Waals surface area (Å²) in [7, 11) is 0. The molecule has 0 aromatic heterocycles. The van der Waals surface area contributed by atoms with Crippen LogP contribution in [0.5, 0.6) is 11.5 Å². The van der Waals surface area contributed by atoms with Crippen molar-refractivity contribution >= 4 is 11.6 Å². The molecule has 0 heterocycles. The summed E-state index contributed by atoms with van der Waals surface area (Å²) >= 11 is 5.70. The molecule has 0 spiro atoms. The van der Waals surface area contributed by atoms with Crippen molar-refractivity contribution in [2.24, 2.45) is 0 Å². The van der Waals surface area contributed by atoms with E-state index in [0.29, 0.717) is 11.3 Å². The minimum Gasteiger partial charge on any atom is -0.454 e. The molecule has 1 radical (unpaired) electrons. The third-order valence-corrected chi connectivity index (χ3v) is 2.47. The van der Waals surface area contributed by atoms with Gasteiger partial charge in [-0.15, -0.1) is 11.6 Å². The maximum atomic E-state index is 13.4. The lowest BCUT2D eigenvalue weighted by atomic mass is 10.2. The molecule has 2 aromatic carbocycles. The monoisotopic (exact) mass is 253 g/mol. The molecule has 0 saturated heterocycles. The van der Waals surface area contributed by atoms with Gasteiger partial charge in [0.05, 0.1) is 5.88 Å². The lowest BCUT2D eigenvalue weighted by molar-refractivity contribution is 0.414. The maximum absolute atomic E-state index is 13.4. The van der Waals surface area contributed by atoms with Crippen LogP contribution >= 0.6 is 11.6 Å². The fourth-order valence-corrected chi connectivity index (χ4v) is 1.54. The normalized spacial score (nSPS) is 10.3. The van der Waals surface area contributed by atoms with Gasteiger partial charge in [-0.3, -0.25) is 0 Å². The summed E-state index contributed by atoms with van der Waals surface area (Å²) in [4.78, 5) is 0. The van der Waals surface area contributed by atoms with E-state index in [1.165, 1.54) is 12.1 Å². The molecule has 1 nitrogen and oxygen atoms in total. The second kappa shape index (κ2) is 5.15. The Morgan fingerprint density at radius 1 is 1.18 bits per heavy atom. The van der Waals surface area contributed by atoms with Gasteiger partial charge in [0.2, 0.25) is 5.82 Å². The average Bonchev–Trinajstić information content (AvgIpc) is 2.35. The molecule has 0 saturated carbocycles. The second-order valence-corrected chi connectivity index (χ2v) is 3.59. The van der Waals surface area contributed by atoms with Gasteiger partial charge >= 0.3 is 0 Å². The van der Waals surface area contributed by atoms with Crippen molar-refractivity contribution in [2.75, 3.05) is 0 Å². The van der Waals surface area contributed by atoms with Gasteiger partial charge < -0.3 is 4.74 Å². The van der Waals surface area contributed by atoms with Crippen LogP contribution in [0.15, 0.2) is 36.4 Å². The molecule has 0 unspecified atom stereocenters. The van der Waals surface area contributed by atoms with Crippen LogP contribution in [-0.2, 0) is 5.88 Å². The van der Waals surface area contributed by atoms with Gasteiger partial charge in [-0.05, 0) is 30.3 Å². The van der Waals surface area contributed by atoms with Gasteiger partial charge in [0, 0.05) is 5.56 Å². The Morgan fingerprint density at radius 3 is 2.76 bits per heavy atom. The Morgan fingerprint density at radius 2 is 2.00 bits per heavy atom. The molecule has 0 bridgehead atoms. The van der Waals surface area contributed by atoms with Crippen molar-refractivity contribution in [1.82, 2.24) is 0 Å². The van der Waals surface area contributed by atoms with E-state index in [-0.39, 0.29) is 11.6 Å². The second-order valence-electron chi connectivity index (χ2n) is 3.32. The molecular weight excluding hydrogens is 246 g/mol. The Balaban J connectivity index is 2.35. The zero-order chi connectivity index (χ0) is 12.3. The molecule has 4 heteroatoms. The third kappa shape index (κ3) is 2.56. The number of ether oxygens (including phenoxy) is 1. The Bertz CT molecular complexity index is 529. The summed E-state index contributed by atoms with van der Waals surface area (Å²) in [5.41, 5.74) is 0.665. The largest absolute Gasteiger partial charge is 0.454 e. The summed E-state index contributed by atoms with van der Waals surface area (Å²) in [6.07, 6.45) is 0. The van der Waals surface area contributed by atoms with Crippen LogP contribution in [0.25, 0.3) is 0 Å². The molecule has 2 aromatic rings. The minimum atomic E-state index is -1.01. The first-order valence-electron chi connectivity index (χ1n) is 4.89. The fraction of sp³-hybridized carbons (Fsp3) is 0.0769. The van der Waals surface area contributed by atoms with E-state index in [4.69, 9.17) is 16.3 Å². The highest BCUT2D eigenvalue weighted by atomic mass is 35.5. The van der Waals surface area contributed by atoms with Gasteiger partial charge in [0.25, 0.3) is 0 Å². The van der Waals surface area contributed by atoms with Gasteiger partial charge in [-0.2, -0.15) is 4.39 Å². The Kier molecular flexibility index (Phi) is 3.59. The lowest BCUT2D eigenvalue weighted by Gasteiger charge is -2.09. The van der Waals surface area contributed by atoms with Crippen LogP contribution in [0, 0.1) is 17.7 Å². The average molecular weight is 254 g/mol. The summed E-state index contributed by atoms with van der Waals surface area (Å²) in [6.45, 7) is 0. The van der Waals surface area contributed by atoms with Gasteiger partial charge in [-0.1, -0.05) is 12.1 Å². The van der Waals surface area contributed by atoms with E-state index in [2.05, 4.69) is 6.07 Å². The van der Waals surface area contributed by atoms with Crippen molar-refractivity contribution in [3.63, 3.8) is 0 Å². The molecule has 0 atom stereocenters. The van der Waals surface area contributed by atoms with Crippen LogP contribution in [0.4, 0.5) is 8.78 Å². The molecule has 0 aliphatic rings. The molecule has 0 amide bonds. The molecule has 0 N–H and O–H groups in total. The van der Waals surface area contributed by atoms with Gasteiger partial charge in [0.15, 0.2) is 11.6 Å². The van der Waals surface area contributed by atoms with E-state index in [0.717, 1.165) is 6.07 Å². The Labute approximate surface area is 103 Å². The van der Waals surface area contributed by atoms with Crippen molar-refractivity contribution < 1.29 is 13.5 Å². The highest BCUT2D eigenvalue weighted by Gasteiger charge is 2.11. The zero-order valence-electron chi connectivity index (χ0n) is 8.71. The van der Waals surface area contributed by atoms with Crippen molar-refractivity contribution in [1.29, 1.82) is 0 Å². The Hall–Kier alpha value is -1.61. The summed E-state index contributed by atoms with van der Waals surface area (Å²) in [5, 5.41) is 0. The smallest absolute Gasteiger partial charge is 0.201 e. The first-order chi connectivity index (χ1) is 8.22. The molecular formula is C13H8ClF2O.